The Morgan fingerprint density at radius 2 is 1.82 bits per heavy atom. The summed E-state index contributed by atoms with van der Waals surface area (Å²) in [5.74, 6) is 0.415. The maximum atomic E-state index is 9.92. The third kappa shape index (κ3) is 7.61. The Morgan fingerprint density at radius 1 is 1.13 bits per heavy atom. The molecule has 1 aromatic heterocycles. The molecule has 0 radical (unpaired) electrons. The number of carbonyl (C=O) groups is 1. The molecule has 2 N–H and O–H groups in total. The molecule has 0 aliphatic rings. The number of rotatable bonds is 8. The number of aromatic amines is 1. The number of nitriles is 1. The molecule has 4 rings (SSSR count). The van der Waals surface area contributed by atoms with E-state index in [1.807, 2.05) is 67.6 Å². The van der Waals surface area contributed by atoms with Crippen LogP contribution in [0.5, 0.6) is 5.75 Å². The van der Waals surface area contributed by atoms with Gasteiger partial charge in [-0.05, 0) is 74.4 Å². The van der Waals surface area contributed by atoms with E-state index < -0.39 is 5.97 Å². The number of carboxylic acid groups (broad SMARTS) is 1. The molecule has 0 bridgehead atoms. The van der Waals surface area contributed by atoms with Crippen molar-refractivity contribution in [1.82, 2.24) is 9.97 Å². The van der Waals surface area contributed by atoms with Gasteiger partial charge in [0.15, 0.2) is 0 Å². The highest BCUT2D eigenvalue weighted by atomic mass is 35.5. The van der Waals surface area contributed by atoms with Gasteiger partial charge in [-0.2, -0.15) is 5.26 Å². The number of aryl methyl sites for hydroxylation is 1. The van der Waals surface area contributed by atoms with Gasteiger partial charge in [0.1, 0.15) is 24.3 Å². The second-order valence-corrected chi connectivity index (χ2v) is 9.04. The van der Waals surface area contributed by atoms with E-state index in [4.69, 9.17) is 26.2 Å². The number of nitrogens with zero attached hydrogens (tertiary/aromatic N) is 3. The first-order valence-corrected chi connectivity index (χ1v) is 12.7. The van der Waals surface area contributed by atoms with Crippen molar-refractivity contribution >= 4 is 45.9 Å². The van der Waals surface area contributed by atoms with Gasteiger partial charge in [0, 0.05) is 42.4 Å². The number of imidazole rings is 1. The monoisotopic (exact) mass is 530 g/mol. The lowest BCUT2D eigenvalue weighted by Crippen LogP contribution is -2.21. The molecule has 0 spiro atoms. The predicted octanol–water partition coefficient (Wildman–Crippen LogP) is 7.11. The van der Waals surface area contributed by atoms with E-state index in [2.05, 4.69) is 40.9 Å². The van der Waals surface area contributed by atoms with Crippen LogP contribution in [0.15, 0.2) is 60.7 Å². The van der Waals surface area contributed by atoms with Crippen LogP contribution in [-0.2, 0) is 11.4 Å². The normalized spacial score (nSPS) is 10.9. The average Bonchev–Trinajstić information content (AvgIpc) is 3.31. The smallest absolute Gasteiger partial charge is 0.300 e. The van der Waals surface area contributed by atoms with E-state index in [0.29, 0.717) is 28.8 Å². The van der Waals surface area contributed by atoms with E-state index >= 15 is 0 Å². The third-order valence-electron chi connectivity index (χ3n) is 5.75. The summed E-state index contributed by atoms with van der Waals surface area (Å²) in [4.78, 5) is 19.2. The van der Waals surface area contributed by atoms with Crippen LogP contribution in [0.25, 0.3) is 22.7 Å². The van der Waals surface area contributed by atoms with E-state index in [-0.39, 0.29) is 0 Å². The minimum atomic E-state index is -0.833. The van der Waals surface area contributed by atoms with Crippen molar-refractivity contribution < 1.29 is 14.6 Å². The SMILES string of the molecule is CC(=O)O.CCN(CC)c1ccc(C=C(C#N)c2nc3ccc(C)cc3[nH]2)c(OCc2ccc(Cl)cc2)c1. The van der Waals surface area contributed by atoms with Gasteiger partial charge in [-0.25, -0.2) is 4.98 Å². The Morgan fingerprint density at radius 3 is 2.45 bits per heavy atom. The lowest BCUT2D eigenvalue weighted by atomic mass is 10.1. The minimum absolute atomic E-state index is 0.394. The molecule has 7 nitrogen and oxygen atoms in total. The largest absolute Gasteiger partial charge is 0.488 e. The van der Waals surface area contributed by atoms with Crippen LogP contribution < -0.4 is 9.64 Å². The summed E-state index contributed by atoms with van der Waals surface area (Å²) in [6, 6.07) is 22.0. The number of allylic oxidation sites excluding steroid dienone is 1. The number of halogens is 1. The van der Waals surface area contributed by atoms with Crippen molar-refractivity contribution in [2.45, 2.75) is 34.3 Å². The minimum Gasteiger partial charge on any atom is -0.488 e. The molecule has 0 fully saturated rings. The molecule has 4 aromatic rings. The number of fused-ring (bicyclic) bond motifs is 1. The zero-order valence-corrected chi connectivity index (χ0v) is 22.7. The van der Waals surface area contributed by atoms with Crippen LogP contribution in [0.2, 0.25) is 5.02 Å². The first-order valence-electron chi connectivity index (χ1n) is 12.3. The van der Waals surface area contributed by atoms with Crippen molar-refractivity contribution in [3.8, 4) is 11.8 Å². The fourth-order valence-electron chi connectivity index (χ4n) is 3.85. The lowest BCUT2D eigenvalue weighted by Gasteiger charge is -2.22. The maximum Gasteiger partial charge on any atom is 0.300 e. The third-order valence-corrected chi connectivity index (χ3v) is 6.00. The van der Waals surface area contributed by atoms with E-state index in [9.17, 15) is 5.26 Å². The van der Waals surface area contributed by atoms with Gasteiger partial charge < -0.3 is 19.7 Å². The quantitative estimate of drug-likeness (QED) is 0.235. The molecule has 8 heteroatoms. The molecule has 0 saturated carbocycles. The molecular weight excluding hydrogens is 500 g/mol. The predicted molar refractivity (Wildman–Crippen MR) is 153 cm³/mol. The number of hydrogen-bond donors (Lipinski definition) is 2. The zero-order chi connectivity index (χ0) is 27.7. The number of nitrogens with one attached hydrogen (secondary N) is 1. The molecule has 0 unspecified atom stereocenters. The Labute approximate surface area is 228 Å². The zero-order valence-electron chi connectivity index (χ0n) is 22.0. The molecule has 0 amide bonds. The number of ether oxygens (including phenoxy) is 1. The average molecular weight is 531 g/mol. The van der Waals surface area contributed by atoms with E-state index in [1.165, 1.54) is 0 Å². The fourth-order valence-corrected chi connectivity index (χ4v) is 3.98. The van der Waals surface area contributed by atoms with Gasteiger partial charge in [-0.15, -0.1) is 0 Å². The number of benzene rings is 3. The Bertz CT molecular complexity index is 1460. The van der Waals surface area contributed by atoms with E-state index in [0.717, 1.165) is 53.4 Å². The summed E-state index contributed by atoms with van der Waals surface area (Å²) in [5, 5.41) is 18.0. The highest BCUT2D eigenvalue weighted by Gasteiger charge is 2.13. The summed E-state index contributed by atoms with van der Waals surface area (Å²) in [6.45, 7) is 9.55. The van der Waals surface area contributed by atoms with Gasteiger partial charge in [0.2, 0.25) is 0 Å². The first-order chi connectivity index (χ1) is 18.2. The van der Waals surface area contributed by atoms with Crippen molar-refractivity contribution in [1.29, 1.82) is 5.26 Å². The molecule has 38 heavy (non-hydrogen) atoms. The Kier molecular flexibility index (Phi) is 9.92. The van der Waals surface area contributed by atoms with E-state index in [1.54, 1.807) is 0 Å². The number of anilines is 1. The second-order valence-electron chi connectivity index (χ2n) is 8.60. The van der Waals surface area contributed by atoms with Crippen molar-refractivity contribution in [2.24, 2.45) is 0 Å². The molecule has 0 atom stereocenters. The number of aromatic nitrogens is 2. The van der Waals surface area contributed by atoms with Gasteiger partial charge in [0.05, 0.1) is 16.6 Å². The van der Waals surface area contributed by atoms with Crippen LogP contribution >= 0.6 is 11.6 Å². The summed E-state index contributed by atoms with van der Waals surface area (Å²) in [7, 11) is 0. The van der Waals surface area contributed by atoms with Crippen LogP contribution in [0.1, 0.15) is 43.3 Å². The van der Waals surface area contributed by atoms with Gasteiger partial charge >= 0.3 is 0 Å². The highest BCUT2D eigenvalue weighted by molar-refractivity contribution is 6.30. The molecule has 0 aliphatic heterocycles. The summed E-state index contributed by atoms with van der Waals surface area (Å²) in [5.41, 5.74) is 6.23. The Balaban J connectivity index is 0.000000934. The van der Waals surface area contributed by atoms with Crippen LogP contribution in [0.4, 0.5) is 5.69 Å². The maximum absolute atomic E-state index is 9.92. The summed E-state index contributed by atoms with van der Waals surface area (Å²) >= 11 is 6.02. The van der Waals surface area contributed by atoms with Crippen LogP contribution in [0, 0.1) is 18.3 Å². The topological polar surface area (TPSA) is 102 Å². The van der Waals surface area contributed by atoms with Gasteiger partial charge in [-0.3, -0.25) is 4.79 Å². The number of aliphatic carboxylic acids is 1. The van der Waals surface area contributed by atoms with Crippen molar-refractivity contribution in [3.63, 3.8) is 0 Å². The summed E-state index contributed by atoms with van der Waals surface area (Å²) < 4.78 is 6.24. The highest BCUT2D eigenvalue weighted by Crippen LogP contribution is 2.30. The molecule has 196 valence electrons. The number of carboxylic acids is 1. The molecule has 3 aromatic carbocycles. The summed E-state index contributed by atoms with van der Waals surface area (Å²) in [6.07, 6.45) is 1.83. The first kappa shape index (κ1) is 28.3. The standard InChI is InChI=1S/C28H27ClN4O.C2H4O2/c1-4-33(5-2)24-12-9-21(27(16-24)34-18-20-7-10-23(29)11-8-20)15-22(17-30)28-31-25-13-6-19(3)14-26(25)32-28;1-2(3)4/h6-16H,4-5,18H2,1-3H3,(H,31,32);1H3,(H,3,4). The fraction of sp³-hybridized carbons (Fsp3) is 0.233. The van der Waals surface area contributed by atoms with Crippen molar-refractivity contribution in [2.75, 3.05) is 18.0 Å². The van der Waals surface area contributed by atoms with Crippen molar-refractivity contribution in [3.05, 3.63) is 88.2 Å². The number of hydrogen-bond acceptors (Lipinski definition) is 5. The molecule has 0 aliphatic carbocycles. The molecule has 0 saturated heterocycles. The Hall–Kier alpha value is -4.28. The van der Waals surface area contributed by atoms with Gasteiger partial charge in [-0.1, -0.05) is 29.8 Å². The van der Waals surface area contributed by atoms with Gasteiger partial charge in [0.25, 0.3) is 5.97 Å². The van der Waals surface area contributed by atoms with Crippen LogP contribution in [-0.4, -0.2) is 34.1 Å². The molecule has 1 heterocycles. The van der Waals surface area contributed by atoms with Crippen LogP contribution in [0.3, 0.4) is 0 Å². The number of H-pyrrole nitrogens is 1. The molecular formula is C30H31ClN4O3. The lowest BCUT2D eigenvalue weighted by molar-refractivity contribution is -0.134. The second kappa shape index (κ2) is 13.3.